The smallest absolute Gasteiger partial charge is 0.386 e. The monoisotopic (exact) mass is 921 g/mol. The molecule has 24 nitrogen and oxygen atoms in total. The van der Waals surface area contributed by atoms with Crippen molar-refractivity contribution in [2.45, 2.75) is 103 Å². The SMILES string of the molecule is CC(C)CCCCCCC(=O)SCCNC(=O)CCNC(=O)C(O)C(C)(C)COP(=O)(O)OP(=O)(O)OC[C@H]1O[C@@H](n2cnc3c(N)ncnc32)[C@H](O)[C@@H]1OP(=O)(O)O. The number of phosphoric acid groups is 3. The lowest BCUT2D eigenvalue weighted by molar-refractivity contribution is -0.137. The Kier molecular flexibility index (Phi) is 19.5. The third-order valence-electron chi connectivity index (χ3n) is 8.68. The van der Waals surface area contributed by atoms with Gasteiger partial charge in [-0.3, -0.25) is 32.5 Å². The van der Waals surface area contributed by atoms with Gasteiger partial charge in [-0.15, -0.1) is 0 Å². The number of fused-ring (bicyclic) bond motifs is 1. The zero-order chi connectivity index (χ0) is 44.2. The van der Waals surface area contributed by atoms with Gasteiger partial charge in [0.25, 0.3) is 0 Å². The van der Waals surface area contributed by atoms with Crippen LogP contribution < -0.4 is 16.4 Å². The number of rotatable bonds is 26. The number of nitrogens with zero attached hydrogens (tertiary/aromatic N) is 4. The number of anilines is 1. The Bertz CT molecular complexity index is 1870. The lowest BCUT2D eigenvalue weighted by Crippen LogP contribution is -2.46. The summed E-state index contributed by atoms with van der Waals surface area (Å²) in [5, 5.41) is 26.5. The Morgan fingerprint density at radius 2 is 1.66 bits per heavy atom. The van der Waals surface area contributed by atoms with Crippen LogP contribution in [0.25, 0.3) is 11.2 Å². The number of aromatic nitrogens is 4. The van der Waals surface area contributed by atoms with E-state index in [1.54, 1.807) is 0 Å². The average Bonchev–Trinajstić information content (AvgIpc) is 3.69. The first-order valence-corrected chi connectivity index (χ1v) is 24.0. The van der Waals surface area contributed by atoms with Crippen molar-refractivity contribution in [3.8, 4) is 0 Å². The van der Waals surface area contributed by atoms with Crippen molar-refractivity contribution < 1.29 is 80.5 Å². The second kappa shape index (κ2) is 22.6. The van der Waals surface area contributed by atoms with Gasteiger partial charge in [-0.1, -0.05) is 65.1 Å². The minimum Gasteiger partial charge on any atom is -0.386 e. The van der Waals surface area contributed by atoms with Gasteiger partial charge >= 0.3 is 23.5 Å². The fraction of sp³-hybridized carbons (Fsp3) is 0.742. The maximum absolute atomic E-state index is 12.7. The highest BCUT2D eigenvalue weighted by Crippen LogP contribution is 2.61. The Morgan fingerprint density at radius 1 is 0.983 bits per heavy atom. The van der Waals surface area contributed by atoms with Crippen LogP contribution in [-0.2, 0) is 50.7 Å². The molecule has 7 atom stereocenters. The molecule has 0 bridgehead atoms. The third kappa shape index (κ3) is 17.1. The molecule has 1 aliphatic rings. The van der Waals surface area contributed by atoms with Crippen molar-refractivity contribution >= 4 is 69.1 Å². The van der Waals surface area contributed by atoms with Crippen molar-refractivity contribution in [3.63, 3.8) is 0 Å². The number of hydrogen-bond donors (Lipinski definition) is 9. The number of nitrogens with two attached hydrogens (primary N) is 1. The Labute approximate surface area is 344 Å². The van der Waals surface area contributed by atoms with Crippen LogP contribution in [-0.4, -0.2) is 123 Å². The molecule has 2 amide bonds. The van der Waals surface area contributed by atoms with Crippen LogP contribution in [0.4, 0.5) is 5.82 Å². The quantitative estimate of drug-likeness (QED) is 0.0478. The molecule has 0 radical (unpaired) electrons. The first-order chi connectivity index (χ1) is 27.4. The van der Waals surface area contributed by atoms with Crippen molar-refractivity contribution in [1.29, 1.82) is 0 Å². The van der Waals surface area contributed by atoms with E-state index in [0.29, 0.717) is 18.1 Å². The van der Waals surface area contributed by atoms with E-state index < -0.39 is 84.6 Å². The summed E-state index contributed by atoms with van der Waals surface area (Å²) in [4.78, 5) is 87.8. The zero-order valence-corrected chi connectivity index (χ0v) is 36.4. The molecule has 1 saturated heterocycles. The molecule has 3 unspecified atom stereocenters. The van der Waals surface area contributed by atoms with Crippen LogP contribution in [0.5, 0.6) is 0 Å². The van der Waals surface area contributed by atoms with Crippen molar-refractivity contribution in [3.05, 3.63) is 12.7 Å². The largest absolute Gasteiger partial charge is 0.481 e. The summed E-state index contributed by atoms with van der Waals surface area (Å²) in [5.41, 5.74) is 4.28. The van der Waals surface area contributed by atoms with Crippen molar-refractivity contribution in [1.82, 2.24) is 30.2 Å². The summed E-state index contributed by atoms with van der Waals surface area (Å²) < 4.78 is 62.2. The van der Waals surface area contributed by atoms with Gasteiger partial charge < -0.3 is 50.9 Å². The molecule has 336 valence electrons. The third-order valence-corrected chi connectivity index (χ3v) is 12.7. The summed E-state index contributed by atoms with van der Waals surface area (Å²) in [6.07, 6.45) is -1.16. The number of carbonyl (C=O) groups excluding carboxylic acids is 3. The van der Waals surface area contributed by atoms with E-state index in [0.717, 1.165) is 54.7 Å². The first kappa shape index (κ1) is 50.9. The summed E-state index contributed by atoms with van der Waals surface area (Å²) in [6, 6.07) is 0. The number of unbranched alkanes of at least 4 members (excludes halogenated alkanes) is 3. The summed E-state index contributed by atoms with van der Waals surface area (Å²) in [6.45, 7) is 4.92. The van der Waals surface area contributed by atoms with Crippen LogP contribution in [0.15, 0.2) is 12.7 Å². The van der Waals surface area contributed by atoms with E-state index in [2.05, 4.69) is 48.3 Å². The van der Waals surface area contributed by atoms with Gasteiger partial charge in [0.1, 0.15) is 36.3 Å². The van der Waals surface area contributed by atoms with E-state index in [1.807, 2.05) is 0 Å². The molecule has 0 saturated carbocycles. The Balaban J connectivity index is 1.42. The summed E-state index contributed by atoms with van der Waals surface area (Å²) >= 11 is 1.14. The minimum atomic E-state index is -5.57. The molecule has 0 spiro atoms. The zero-order valence-electron chi connectivity index (χ0n) is 32.9. The molecule has 1 aliphatic heterocycles. The van der Waals surface area contributed by atoms with E-state index in [-0.39, 0.29) is 41.6 Å². The molecule has 3 rings (SSSR count). The predicted octanol–water partition coefficient (Wildman–Crippen LogP) is 1.66. The number of phosphoric ester groups is 3. The number of aliphatic hydroxyl groups is 2. The fourth-order valence-electron chi connectivity index (χ4n) is 5.54. The number of imidazole rings is 1. The van der Waals surface area contributed by atoms with Gasteiger partial charge in [0, 0.05) is 37.1 Å². The number of carbonyl (C=O) groups is 3. The van der Waals surface area contributed by atoms with Gasteiger partial charge in [-0.25, -0.2) is 28.6 Å². The predicted molar refractivity (Wildman–Crippen MR) is 210 cm³/mol. The van der Waals surface area contributed by atoms with Crippen LogP contribution >= 0.6 is 35.2 Å². The van der Waals surface area contributed by atoms with Gasteiger partial charge in [0.2, 0.25) is 11.8 Å². The number of hydrogen-bond acceptors (Lipinski definition) is 18. The van der Waals surface area contributed by atoms with Gasteiger partial charge in [-0.2, -0.15) is 4.31 Å². The van der Waals surface area contributed by atoms with Crippen molar-refractivity contribution in [2.24, 2.45) is 11.3 Å². The summed E-state index contributed by atoms with van der Waals surface area (Å²) in [5.74, 6) is -0.366. The first-order valence-electron chi connectivity index (χ1n) is 18.5. The van der Waals surface area contributed by atoms with E-state index >= 15 is 0 Å². The highest BCUT2D eigenvalue weighted by molar-refractivity contribution is 8.13. The number of amides is 2. The number of nitrogen functional groups attached to an aromatic ring is 1. The molecule has 10 N–H and O–H groups in total. The molecule has 28 heteroatoms. The second-order valence-corrected chi connectivity index (χ2v) is 20.0. The molecule has 1 fully saturated rings. The normalized spacial score (nSPS) is 21.3. The minimum absolute atomic E-state index is 0.0325. The molecular formula is C31H54N7O17P3S. The molecule has 2 aromatic heterocycles. The molecule has 59 heavy (non-hydrogen) atoms. The van der Waals surface area contributed by atoms with E-state index in [4.69, 9.17) is 19.5 Å². The van der Waals surface area contributed by atoms with Crippen molar-refractivity contribution in [2.75, 3.05) is 37.8 Å². The number of thioether (sulfide) groups is 1. The van der Waals surface area contributed by atoms with Crippen LogP contribution in [0, 0.1) is 11.3 Å². The maximum Gasteiger partial charge on any atom is 0.481 e. The molecule has 0 aliphatic carbocycles. The molecule has 2 aromatic rings. The molecule has 0 aromatic carbocycles. The van der Waals surface area contributed by atoms with E-state index in [9.17, 15) is 57.9 Å². The average molecular weight is 922 g/mol. The topological polar surface area (TPSA) is 364 Å². The number of aliphatic hydroxyl groups excluding tert-OH is 2. The highest BCUT2D eigenvalue weighted by Gasteiger charge is 2.50. The van der Waals surface area contributed by atoms with E-state index in [1.165, 1.54) is 20.3 Å². The van der Waals surface area contributed by atoms with Crippen LogP contribution in [0.2, 0.25) is 0 Å². The lowest BCUT2D eigenvalue weighted by Gasteiger charge is -2.30. The van der Waals surface area contributed by atoms with Crippen LogP contribution in [0.3, 0.4) is 0 Å². The summed E-state index contributed by atoms with van der Waals surface area (Å²) in [7, 11) is -16.4. The second-order valence-electron chi connectivity index (χ2n) is 14.6. The fourth-order valence-corrected chi connectivity index (χ4v) is 9.09. The van der Waals surface area contributed by atoms with Gasteiger partial charge in [-0.05, 0) is 12.3 Å². The highest BCUT2D eigenvalue weighted by atomic mass is 32.2. The number of nitrogens with one attached hydrogen (secondary N) is 2. The van der Waals surface area contributed by atoms with Gasteiger partial charge in [0.05, 0.1) is 19.5 Å². The number of ether oxygens (including phenoxy) is 1. The standard InChI is InChI=1S/C31H54N7O17P3S/c1-19(2)9-7-5-6-8-10-22(40)59-14-13-33-21(39)11-12-34-29(43)26(42)31(3,4)16-52-58(49,50)55-57(47,48)51-15-20-25(54-56(44,45)46)24(41)30(53-20)38-18-37-23-27(32)35-17-36-28(23)38/h17-20,24-26,30,41-42H,5-16H2,1-4H3,(H,33,39)(H,34,43)(H,47,48)(H,49,50)(H2,32,35,36)(H2,44,45,46)/t20-,24-,25-,26?,30-/m1/s1. The molecule has 3 heterocycles. The van der Waals surface area contributed by atoms with Crippen LogP contribution in [0.1, 0.15) is 78.9 Å². The molecular weight excluding hydrogens is 867 g/mol. The Hall–Kier alpha value is -2.44. The lowest BCUT2D eigenvalue weighted by atomic mass is 9.87. The van der Waals surface area contributed by atoms with Gasteiger partial charge in [0.15, 0.2) is 22.8 Å². The maximum atomic E-state index is 12.7. The Morgan fingerprint density at radius 3 is 2.34 bits per heavy atom.